The third-order valence-electron chi connectivity index (χ3n) is 8.06. The van der Waals surface area contributed by atoms with Gasteiger partial charge in [-0.2, -0.15) is 0 Å². The zero-order valence-corrected chi connectivity index (χ0v) is 22.2. The van der Waals surface area contributed by atoms with E-state index in [4.69, 9.17) is 9.47 Å². The number of nitrogens with zero attached hydrogens (tertiary/aromatic N) is 3. The molecule has 0 aliphatic carbocycles. The van der Waals surface area contributed by atoms with Crippen LogP contribution in [0.1, 0.15) is 41.6 Å². The summed E-state index contributed by atoms with van der Waals surface area (Å²) in [5.41, 5.74) is 1.14. The van der Waals surface area contributed by atoms with Crippen LogP contribution >= 0.6 is 0 Å². The van der Waals surface area contributed by atoms with E-state index in [1.165, 1.54) is 29.2 Å². The van der Waals surface area contributed by atoms with Crippen molar-refractivity contribution in [3.8, 4) is 5.75 Å². The lowest BCUT2D eigenvalue weighted by molar-refractivity contribution is -0.138. The fraction of sp³-hybridized carbons (Fsp3) is 0.500. The standard InChI is InChI=1S/C30H36FN3O5/c31-26-9-7-22(8-10-26)30(37)34-20-25-4-1-2-6-27(25)39-15-3-5-24-19-33(29(36)21-34)12-11-23(24)18-28(35)32-13-16-38-17-14-32/h1-2,4,6-10,23-24H,3,5,11-21H2/t23-,24-/m0/s1. The summed E-state index contributed by atoms with van der Waals surface area (Å²) >= 11 is 0. The van der Waals surface area contributed by atoms with Gasteiger partial charge in [0.05, 0.1) is 26.4 Å². The number of rotatable bonds is 3. The third-order valence-corrected chi connectivity index (χ3v) is 8.06. The summed E-state index contributed by atoms with van der Waals surface area (Å²) in [5, 5.41) is 0. The van der Waals surface area contributed by atoms with E-state index in [1.54, 1.807) is 0 Å². The Morgan fingerprint density at radius 1 is 0.897 bits per heavy atom. The first-order valence-electron chi connectivity index (χ1n) is 13.9. The van der Waals surface area contributed by atoms with Crippen molar-refractivity contribution in [2.75, 3.05) is 52.5 Å². The molecule has 0 spiro atoms. The molecular formula is C30H36FN3O5. The Morgan fingerprint density at radius 3 is 2.46 bits per heavy atom. The molecule has 0 N–H and O–H groups in total. The zero-order chi connectivity index (χ0) is 27.2. The lowest BCUT2D eigenvalue weighted by Gasteiger charge is -2.40. The molecule has 5 rings (SSSR count). The van der Waals surface area contributed by atoms with Gasteiger partial charge in [-0.1, -0.05) is 18.2 Å². The number of para-hydroxylation sites is 1. The first-order valence-corrected chi connectivity index (χ1v) is 13.9. The highest BCUT2D eigenvalue weighted by atomic mass is 19.1. The van der Waals surface area contributed by atoms with Gasteiger partial charge in [-0.25, -0.2) is 4.39 Å². The molecule has 208 valence electrons. The molecule has 39 heavy (non-hydrogen) atoms. The third kappa shape index (κ3) is 6.76. The van der Waals surface area contributed by atoms with Gasteiger partial charge in [0, 0.05) is 43.7 Å². The monoisotopic (exact) mass is 537 g/mol. The Labute approximate surface area is 228 Å². The Bertz CT molecular complexity index is 1170. The van der Waals surface area contributed by atoms with Crippen molar-refractivity contribution in [3.05, 3.63) is 65.5 Å². The lowest BCUT2D eigenvalue weighted by Crippen LogP contribution is -2.49. The highest BCUT2D eigenvalue weighted by Gasteiger charge is 2.35. The van der Waals surface area contributed by atoms with Crippen LogP contribution in [0.25, 0.3) is 0 Å². The normalized spacial score (nSPS) is 22.6. The smallest absolute Gasteiger partial charge is 0.254 e. The Morgan fingerprint density at radius 2 is 1.67 bits per heavy atom. The first kappa shape index (κ1) is 27.1. The number of hydrogen-bond acceptors (Lipinski definition) is 5. The summed E-state index contributed by atoms with van der Waals surface area (Å²) < 4.78 is 25.1. The van der Waals surface area contributed by atoms with E-state index in [2.05, 4.69) is 0 Å². The summed E-state index contributed by atoms with van der Waals surface area (Å²) in [6.45, 7) is 4.16. The number of carbonyl (C=O) groups is 3. The van der Waals surface area contributed by atoms with Crippen LogP contribution < -0.4 is 4.74 Å². The van der Waals surface area contributed by atoms with Gasteiger partial charge < -0.3 is 24.2 Å². The predicted molar refractivity (Wildman–Crippen MR) is 143 cm³/mol. The van der Waals surface area contributed by atoms with E-state index in [0.717, 1.165) is 24.8 Å². The van der Waals surface area contributed by atoms with Crippen molar-refractivity contribution in [2.45, 2.75) is 32.2 Å². The highest BCUT2D eigenvalue weighted by molar-refractivity contribution is 5.96. The second-order valence-corrected chi connectivity index (χ2v) is 10.6. The molecule has 3 aliphatic rings. The van der Waals surface area contributed by atoms with Gasteiger partial charge in [0.1, 0.15) is 18.1 Å². The second kappa shape index (κ2) is 12.6. The Kier molecular flexibility index (Phi) is 8.76. The summed E-state index contributed by atoms with van der Waals surface area (Å²) in [7, 11) is 0. The van der Waals surface area contributed by atoms with Crippen molar-refractivity contribution in [2.24, 2.45) is 11.8 Å². The lowest BCUT2D eigenvalue weighted by atomic mass is 9.80. The number of morpholine rings is 1. The van der Waals surface area contributed by atoms with Gasteiger partial charge >= 0.3 is 0 Å². The summed E-state index contributed by atoms with van der Waals surface area (Å²) in [5.74, 6) is 0.330. The number of ether oxygens (including phenoxy) is 2. The van der Waals surface area contributed by atoms with Crippen molar-refractivity contribution < 1.29 is 28.2 Å². The molecule has 2 bridgehead atoms. The van der Waals surface area contributed by atoms with E-state index in [1.807, 2.05) is 34.1 Å². The predicted octanol–water partition coefficient (Wildman–Crippen LogP) is 3.35. The SMILES string of the molecule is O=C(C[C@@H]1CCN2C[C@@H]1CCCOc1ccccc1CN(C(=O)c1ccc(F)cc1)CC2=O)N1CCOCC1. The molecular weight excluding hydrogens is 501 g/mol. The average molecular weight is 538 g/mol. The maximum Gasteiger partial charge on any atom is 0.254 e. The van der Waals surface area contributed by atoms with Crippen LogP contribution in [0.15, 0.2) is 48.5 Å². The van der Waals surface area contributed by atoms with Crippen molar-refractivity contribution in [1.29, 1.82) is 0 Å². The van der Waals surface area contributed by atoms with E-state index in [0.29, 0.717) is 63.7 Å². The van der Waals surface area contributed by atoms with Gasteiger partial charge in [-0.3, -0.25) is 14.4 Å². The van der Waals surface area contributed by atoms with Gasteiger partial charge in [-0.15, -0.1) is 0 Å². The van der Waals surface area contributed by atoms with Crippen LogP contribution in [0, 0.1) is 17.7 Å². The van der Waals surface area contributed by atoms with Gasteiger partial charge in [0.15, 0.2) is 0 Å². The molecule has 3 aliphatic heterocycles. The zero-order valence-electron chi connectivity index (χ0n) is 22.2. The molecule has 3 amide bonds. The van der Waals surface area contributed by atoms with Crippen LogP contribution in [-0.4, -0.2) is 85.0 Å². The Hall–Kier alpha value is -3.46. The molecule has 2 fully saturated rings. The fourth-order valence-electron chi connectivity index (χ4n) is 5.82. The maximum absolute atomic E-state index is 13.6. The number of halogens is 1. The summed E-state index contributed by atoms with van der Waals surface area (Å²) in [4.78, 5) is 45.3. The van der Waals surface area contributed by atoms with E-state index in [9.17, 15) is 18.8 Å². The molecule has 2 aromatic rings. The van der Waals surface area contributed by atoms with Gasteiger partial charge in [-0.05, 0) is 61.4 Å². The van der Waals surface area contributed by atoms with E-state index in [-0.39, 0.29) is 42.6 Å². The van der Waals surface area contributed by atoms with Crippen LogP contribution in [0.5, 0.6) is 5.75 Å². The van der Waals surface area contributed by atoms with Crippen LogP contribution in [0.3, 0.4) is 0 Å². The molecule has 0 unspecified atom stereocenters. The molecule has 2 saturated heterocycles. The molecule has 0 aromatic heterocycles. The summed E-state index contributed by atoms with van der Waals surface area (Å²) in [6.07, 6.45) is 2.89. The number of amides is 3. The fourth-order valence-corrected chi connectivity index (χ4v) is 5.82. The number of benzene rings is 2. The summed E-state index contributed by atoms with van der Waals surface area (Å²) in [6, 6.07) is 12.9. The van der Waals surface area contributed by atoms with E-state index >= 15 is 0 Å². The highest BCUT2D eigenvalue weighted by Crippen LogP contribution is 2.32. The van der Waals surface area contributed by atoms with Crippen molar-refractivity contribution in [1.82, 2.24) is 14.7 Å². The number of piperidine rings is 1. The maximum atomic E-state index is 13.6. The van der Waals surface area contributed by atoms with Crippen LogP contribution in [0.2, 0.25) is 0 Å². The average Bonchev–Trinajstić information content (AvgIpc) is 2.97. The largest absolute Gasteiger partial charge is 0.493 e. The van der Waals surface area contributed by atoms with E-state index < -0.39 is 5.82 Å². The van der Waals surface area contributed by atoms with Crippen LogP contribution in [-0.2, 0) is 20.9 Å². The topological polar surface area (TPSA) is 79.4 Å². The van der Waals surface area contributed by atoms with Crippen LogP contribution in [0.4, 0.5) is 4.39 Å². The molecule has 0 radical (unpaired) electrons. The molecule has 8 nitrogen and oxygen atoms in total. The second-order valence-electron chi connectivity index (χ2n) is 10.6. The molecule has 2 atom stereocenters. The number of hydrogen-bond donors (Lipinski definition) is 0. The first-order chi connectivity index (χ1) is 19.0. The molecule has 2 aromatic carbocycles. The minimum absolute atomic E-state index is 0.0887. The minimum atomic E-state index is -0.424. The number of carbonyl (C=O) groups excluding carboxylic acids is 3. The minimum Gasteiger partial charge on any atom is -0.493 e. The molecule has 9 heteroatoms. The number of fused-ring (bicyclic) bond motifs is 3. The Balaban J connectivity index is 1.35. The van der Waals surface area contributed by atoms with Crippen molar-refractivity contribution >= 4 is 17.7 Å². The molecule has 0 saturated carbocycles. The molecule has 3 heterocycles. The van der Waals surface area contributed by atoms with Gasteiger partial charge in [0.2, 0.25) is 11.8 Å². The quantitative estimate of drug-likeness (QED) is 0.600. The van der Waals surface area contributed by atoms with Gasteiger partial charge in [0.25, 0.3) is 5.91 Å². The van der Waals surface area contributed by atoms with Crippen molar-refractivity contribution in [3.63, 3.8) is 0 Å².